The first-order valence-electron chi connectivity index (χ1n) is 4.43. The van der Waals surface area contributed by atoms with Gasteiger partial charge in [-0.05, 0) is 23.6 Å². The van der Waals surface area contributed by atoms with E-state index in [1.54, 1.807) is 19.3 Å². The first kappa shape index (κ1) is 10.0. The minimum absolute atomic E-state index is 0.0361. The van der Waals surface area contributed by atoms with Crippen LogP contribution < -0.4 is 0 Å². The number of ether oxygens (including phenoxy) is 1. The third kappa shape index (κ3) is 2.20. The average molecular weight is 180 g/mol. The van der Waals surface area contributed by atoms with E-state index in [-0.39, 0.29) is 17.1 Å². The molecule has 0 aromatic carbocycles. The number of allylic oxidation sites excluding steroid dienone is 3. The fourth-order valence-corrected chi connectivity index (χ4v) is 1.38. The number of hydrogen-bond acceptors (Lipinski definition) is 2. The Labute approximate surface area is 79.3 Å². The van der Waals surface area contributed by atoms with Crippen molar-refractivity contribution in [2.24, 2.45) is 11.3 Å². The summed E-state index contributed by atoms with van der Waals surface area (Å²) in [7, 11) is 1.62. The van der Waals surface area contributed by atoms with E-state index in [1.165, 1.54) is 0 Å². The van der Waals surface area contributed by atoms with Gasteiger partial charge in [0, 0.05) is 5.92 Å². The lowest BCUT2D eigenvalue weighted by Gasteiger charge is -2.27. The zero-order valence-corrected chi connectivity index (χ0v) is 8.63. The molecule has 0 bridgehead atoms. The van der Waals surface area contributed by atoms with Crippen molar-refractivity contribution in [3.8, 4) is 0 Å². The molecule has 0 saturated carbocycles. The number of hydrogen-bond donors (Lipinski definition) is 0. The molecule has 1 atom stereocenters. The largest absolute Gasteiger partial charge is 0.497 e. The first-order valence-corrected chi connectivity index (χ1v) is 4.43. The van der Waals surface area contributed by atoms with Gasteiger partial charge in [-0.25, -0.2) is 0 Å². The summed E-state index contributed by atoms with van der Waals surface area (Å²) in [5.74, 6) is 0.875. The fraction of sp³-hybridized carbons (Fsp3) is 0.545. The summed E-state index contributed by atoms with van der Waals surface area (Å²) in [4.78, 5) is 11.5. The van der Waals surface area contributed by atoms with Gasteiger partial charge in [0.1, 0.15) is 5.76 Å². The van der Waals surface area contributed by atoms with Crippen LogP contribution in [0, 0.1) is 11.3 Å². The maximum absolute atomic E-state index is 11.5. The summed E-state index contributed by atoms with van der Waals surface area (Å²) >= 11 is 0. The summed E-state index contributed by atoms with van der Waals surface area (Å²) < 4.78 is 5.09. The Kier molecular flexibility index (Phi) is 2.60. The number of methoxy groups -OCH3 is 1. The third-order valence-electron chi connectivity index (χ3n) is 2.22. The average Bonchev–Trinajstić information content (AvgIpc) is 2.03. The molecule has 0 radical (unpaired) electrons. The maximum Gasteiger partial charge on any atom is 0.163 e. The molecule has 2 heteroatoms. The highest BCUT2D eigenvalue weighted by Crippen LogP contribution is 2.31. The van der Waals surface area contributed by atoms with E-state index >= 15 is 0 Å². The Morgan fingerprint density at radius 2 is 1.92 bits per heavy atom. The van der Waals surface area contributed by atoms with Gasteiger partial charge in [0.05, 0.1) is 7.11 Å². The topological polar surface area (TPSA) is 26.3 Å². The van der Waals surface area contributed by atoms with Gasteiger partial charge in [-0.3, -0.25) is 4.79 Å². The third-order valence-corrected chi connectivity index (χ3v) is 2.22. The van der Waals surface area contributed by atoms with Crippen molar-refractivity contribution in [3.05, 3.63) is 24.0 Å². The lowest BCUT2D eigenvalue weighted by atomic mass is 9.76. The molecule has 0 aliphatic heterocycles. The Bertz CT molecular complexity index is 266. The Balaban J connectivity index is 2.92. The molecule has 1 aliphatic rings. The number of carbonyl (C=O) groups is 1. The van der Waals surface area contributed by atoms with Crippen molar-refractivity contribution in [1.29, 1.82) is 0 Å². The van der Waals surface area contributed by atoms with Crippen LogP contribution in [0.2, 0.25) is 0 Å². The summed E-state index contributed by atoms with van der Waals surface area (Å²) in [6.45, 7) is 6.16. The van der Waals surface area contributed by atoms with Crippen LogP contribution in [0.1, 0.15) is 20.8 Å². The second-order valence-corrected chi connectivity index (χ2v) is 4.35. The second-order valence-electron chi connectivity index (χ2n) is 4.35. The second kappa shape index (κ2) is 3.36. The summed E-state index contributed by atoms with van der Waals surface area (Å²) in [5, 5.41) is 0. The van der Waals surface area contributed by atoms with E-state index in [0.717, 1.165) is 5.76 Å². The smallest absolute Gasteiger partial charge is 0.163 e. The van der Waals surface area contributed by atoms with Crippen LogP contribution in [0.15, 0.2) is 24.0 Å². The van der Waals surface area contributed by atoms with E-state index in [2.05, 4.69) is 20.8 Å². The van der Waals surface area contributed by atoms with Crippen LogP contribution in [-0.2, 0) is 9.53 Å². The van der Waals surface area contributed by atoms with E-state index in [1.807, 2.05) is 6.08 Å². The zero-order valence-electron chi connectivity index (χ0n) is 8.63. The number of rotatable bonds is 1. The quantitative estimate of drug-likeness (QED) is 0.619. The molecule has 0 saturated heterocycles. The molecule has 0 spiro atoms. The van der Waals surface area contributed by atoms with Crippen molar-refractivity contribution in [1.82, 2.24) is 0 Å². The Hall–Kier alpha value is -1.05. The van der Waals surface area contributed by atoms with Crippen LogP contribution >= 0.6 is 0 Å². The predicted molar refractivity (Wildman–Crippen MR) is 52.2 cm³/mol. The van der Waals surface area contributed by atoms with E-state index in [9.17, 15) is 4.79 Å². The molecular weight excluding hydrogens is 164 g/mol. The molecular formula is C11H16O2. The van der Waals surface area contributed by atoms with Gasteiger partial charge >= 0.3 is 0 Å². The fourth-order valence-electron chi connectivity index (χ4n) is 1.38. The molecule has 0 fully saturated rings. The van der Waals surface area contributed by atoms with E-state index < -0.39 is 0 Å². The predicted octanol–water partition coefficient (Wildman–Crippen LogP) is 2.32. The molecule has 2 nitrogen and oxygen atoms in total. The highest BCUT2D eigenvalue weighted by molar-refractivity contribution is 5.95. The molecule has 13 heavy (non-hydrogen) atoms. The minimum Gasteiger partial charge on any atom is -0.497 e. The van der Waals surface area contributed by atoms with Crippen LogP contribution in [0.25, 0.3) is 0 Å². The first-order chi connectivity index (χ1) is 5.95. The van der Waals surface area contributed by atoms with E-state index in [0.29, 0.717) is 0 Å². The monoisotopic (exact) mass is 180 g/mol. The number of carbonyl (C=O) groups excluding carboxylic acids is 1. The van der Waals surface area contributed by atoms with Gasteiger partial charge < -0.3 is 4.74 Å². The number of ketones is 1. The highest BCUT2D eigenvalue weighted by Gasteiger charge is 2.30. The van der Waals surface area contributed by atoms with Crippen molar-refractivity contribution in [3.63, 3.8) is 0 Å². The van der Waals surface area contributed by atoms with Gasteiger partial charge in [-0.2, -0.15) is 0 Å². The van der Waals surface area contributed by atoms with Crippen LogP contribution in [0.3, 0.4) is 0 Å². The van der Waals surface area contributed by atoms with Crippen molar-refractivity contribution < 1.29 is 9.53 Å². The molecule has 1 unspecified atom stereocenters. The van der Waals surface area contributed by atoms with Gasteiger partial charge in [0.15, 0.2) is 5.78 Å². The summed E-state index contributed by atoms with van der Waals surface area (Å²) in [6, 6.07) is 0. The zero-order chi connectivity index (χ0) is 10.1. The lowest BCUT2D eigenvalue weighted by Crippen LogP contribution is -2.27. The molecule has 1 rings (SSSR count). The van der Waals surface area contributed by atoms with Crippen LogP contribution in [-0.4, -0.2) is 12.9 Å². The molecule has 0 aromatic rings. The Morgan fingerprint density at radius 3 is 2.38 bits per heavy atom. The molecule has 72 valence electrons. The standard InChI is InChI=1S/C11H16O2/c1-11(2,3)9-7-8(13-4)5-6-10(9)12/h5-7,9H,1-4H3. The normalized spacial score (nSPS) is 22.9. The minimum atomic E-state index is -0.0625. The molecule has 0 N–H and O–H groups in total. The van der Waals surface area contributed by atoms with Crippen molar-refractivity contribution in [2.45, 2.75) is 20.8 Å². The van der Waals surface area contributed by atoms with Gasteiger partial charge in [0.2, 0.25) is 0 Å². The molecule has 0 aromatic heterocycles. The van der Waals surface area contributed by atoms with Crippen LogP contribution in [0.4, 0.5) is 0 Å². The lowest BCUT2D eigenvalue weighted by molar-refractivity contribution is -0.119. The van der Waals surface area contributed by atoms with Gasteiger partial charge in [-0.1, -0.05) is 20.8 Å². The molecule has 0 heterocycles. The van der Waals surface area contributed by atoms with Gasteiger partial charge in [-0.15, -0.1) is 0 Å². The maximum atomic E-state index is 11.5. The SMILES string of the molecule is COC1=CC(C(C)(C)C)C(=O)C=C1. The summed E-state index contributed by atoms with van der Waals surface area (Å²) in [5.41, 5.74) is -0.0361. The van der Waals surface area contributed by atoms with E-state index in [4.69, 9.17) is 4.74 Å². The van der Waals surface area contributed by atoms with Crippen molar-refractivity contribution >= 4 is 5.78 Å². The molecule has 0 amide bonds. The highest BCUT2D eigenvalue weighted by atomic mass is 16.5. The Morgan fingerprint density at radius 1 is 1.31 bits per heavy atom. The van der Waals surface area contributed by atoms with Crippen molar-refractivity contribution in [2.75, 3.05) is 7.11 Å². The molecule has 1 aliphatic carbocycles. The van der Waals surface area contributed by atoms with Crippen LogP contribution in [0.5, 0.6) is 0 Å². The summed E-state index contributed by atoms with van der Waals surface area (Å²) in [6.07, 6.45) is 5.20. The van der Waals surface area contributed by atoms with Gasteiger partial charge in [0.25, 0.3) is 0 Å².